The molecular formula is C26H19FN2O4. The molecule has 6 nitrogen and oxygen atoms in total. The zero-order valence-corrected chi connectivity index (χ0v) is 17.4. The van der Waals surface area contributed by atoms with Gasteiger partial charge in [0.25, 0.3) is 5.91 Å². The highest BCUT2D eigenvalue weighted by Gasteiger charge is 2.13. The van der Waals surface area contributed by atoms with Gasteiger partial charge in [0.2, 0.25) is 0 Å². The molecule has 0 saturated carbocycles. The number of benzene rings is 4. The third-order valence-corrected chi connectivity index (χ3v) is 4.71. The van der Waals surface area contributed by atoms with Crippen molar-refractivity contribution in [1.82, 2.24) is 5.43 Å². The standard InChI is InChI=1S/C26H19FN2O4/c27-20-11-13-21(14-12-20)32-17-25(30)29-28-16-23-22-9-5-4-6-18(22)10-15-24(23)33-26(31)19-7-2-1-3-8-19/h1-16H,17H2,(H,29,30)/b28-16+. The number of ether oxygens (including phenoxy) is 2. The molecule has 0 bridgehead atoms. The summed E-state index contributed by atoms with van der Waals surface area (Å²) in [5.74, 6) is -0.728. The molecule has 0 aliphatic heterocycles. The van der Waals surface area contributed by atoms with Crippen molar-refractivity contribution in [2.75, 3.05) is 6.61 Å². The highest BCUT2D eigenvalue weighted by molar-refractivity contribution is 6.04. The van der Waals surface area contributed by atoms with Gasteiger partial charge in [-0.2, -0.15) is 5.10 Å². The van der Waals surface area contributed by atoms with Gasteiger partial charge in [-0.05, 0) is 53.2 Å². The van der Waals surface area contributed by atoms with Gasteiger partial charge >= 0.3 is 5.97 Å². The number of amides is 1. The second-order valence-electron chi connectivity index (χ2n) is 6.99. The van der Waals surface area contributed by atoms with E-state index in [-0.39, 0.29) is 6.61 Å². The molecule has 0 aromatic heterocycles. The van der Waals surface area contributed by atoms with Gasteiger partial charge in [0, 0.05) is 5.56 Å². The third kappa shape index (κ3) is 5.59. The first-order chi connectivity index (χ1) is 16.1. The Morgan fingerprint density at radius 1 is 0.879 bits per heavy atom. The fourth-order valence-electron chi connectivity index (χ4n) is 3.11. The first-order valence-electron chi connectivity index (χ1n) is 10.1. The van der Waals surface area contributed by atoms with E-state index >= 15 is 0 Å². The molecule has 0 aliphatic carbocycles. The van der Waals surface area contributed by atoms with E-state index in [0.29, 0.717) is 22.6 Å². The van der Waals surface area contributed by atoms with Crippen molar-refractivity contribution >= 4 is 28.9 Å². The summed E-state index contributed by atoms with van der Waals surface area (Å²) in [4.78, 5) is 24.6. The van der Waals surface area contributed by atoms with Crippen molar-refractivity contribution < 1.29 is 23.5 Å². The zero-order valence-electron chi connectivity index (χ0n) is 17.4. The van der Waals surface area contributed by atoms with Gasteiger partial charge in [0.05, 0.1) is 11.8 Å². The molecule has 0 heterocycles. The summed E-state index contributed by atoms with van der Waals surface area (Å²) in [6.07, 6.45) is 1.42. The van der Waals surface area contributed by atoms with Crippen LogP contribution in [0.2, 0.25) is 0 Å². The molecule has 0 radical (unpaired) electrons. The van der Waals surface area contributed by atoms with Crippen molar-refractivity contribution in [2.24, 2.45) is 5.10 Å². The molecule has 164 valence electrons. The Morgan fingerprint density at radius 2 is 1.61 bits per heavy atom. The lowest BCUT2D eigenvalue weighted by molar-refractivity contribution is -0.123. The summed E-state index contributed by atoms with van der Waals surface area (Å²) in [6, 6.07) is 25.1. The molecule has 4 aromatic carbocycles. The summed E-state index contributed by atoms with van der Waals surface area (Å²) in [5.41, 5.74) is 3.34. The highest BCUT2D eigenvalue weighted by atomic mass is 19.1. The normalized spacial score (nSPS) is 10.8. The van der Waals surface area contributed by atoms with Gasteiger partial charge in [-0.15, -0.1) is 0 Å². The average Bonchev–Trinajstić information content (AvgIpc) is 2.85. The fourth-order valence-corrected chi connectivity index (χ4v) is 3.11. The van der Waals surface area contributed by atoms with Gasteiger partial charge in [-0.25, -0.2) is 14.6 Å². The van der Waals surface area contributed by atoms with Crippen LogP contribution in [0.4, 0.5) is 4.39 Å². The third-order valence-electron chi connectivity index (χ3n) is 4.71. The number of hydrazone groups is 1. The van der Waals surface area contributed by atoms with Crippen LogP contribution in [0.5, 0.6) is 11.5 Å². The second kappa shape index (κ2) is 10.2. The predicted octanol–water partition coefficient (Wildman–Crippen LogP) is 4.73. The van der Waals surface area contributed by atoms with E-state index in [0.717, 1.165) is 10.8 Å². The highest BCUT2D eigenvalue weighted by Crippen LogP contribution is 2.27. The molecule has 7 heteroatoms. The van der Waals surface area contributed by atoms with E-state index < -0.39 is 17.7 Å². The molecule has 1 N–H and O–H groups in total. The molecular weight excluding hydrogens is 423 g/mol. The summed E-state index contributed by atoms with van der Waals surface area (Å²) in [5, 5.41) is 5.73. The van der Waals surface area contributed by atoms with Crippen molar-refractivity contribution in [1.29, 1.82) is 0 Å². The molecule has 0 unspecified atom stereocenters. The summed E-state index contributed by atoms with van der Waals surface area (Å²) in [6.45, 7) is -0.297. The van der Waals surface area contributed by atoms with E-state index in [9.17, 15) is 14.0 Å². The molecule has 0 aliphatic rings. The minimum Gasteiger partial charge on any atom is -0.484 e. The fraction of sp³-hybridized carbons (Fsp3) is 0.0385. The summed E-state index contributed by atoms with van der Waals surface area (Å²) in [7, 11) is 0. The first kappa shape index (κ1) is 21.7. The number of hydrogen-bond donors (Lipinski definition) is 1. The minimum absolute atomic E-state index is 0.297. The van der Waals surface area contributed by atoms with Crippen LogP contribution in [0, 0.1) is 5.82 Å². The first-order valence-corrected chi connectivity index (χ1v) is 10.1. The SMILES string of the molecule is O=C(COc1ccc(F)cc1)N/N=C/c1c(OC(=O)c2ccccc2)ccc2ccccc12. The van der Waals surface area contributed by atoms with Crippen molar-refractivity contribution in [3.63, 3.8) is 0 Å². The van der Waals surface area contributed by atoms with Gasteiger partial charge in [0.1, 0.15) is 17.3 Å². The maximum Gasteiger partial charge on any atom is 0.343 e. The Morgan fingerprint density at radius 3 is 2.39 bits per heavy atom. The predicted molar refractivity (Wildman–Crippen MR) is 123 cm³/mol. The van der Waals surface area contributed by atoms with E-state index in [1.165, 1.54) is 30.5 Å². The second-order valence-corrected chi connectivity index (χ2v) is 6.99. The Hall–Kier alpha value is -4.52. The summed E-state index contributed by atoms with van der Waals surface area (Å²) >= 11 is 0. The van der Waals surface area contributed by atoms with Crippen LogP contribution in [0.1, 0.15) is 15.9 Å². The van der Waals surface area contributed by atoms with Crippen molar-refractivity contribution in [3.05, 3.63) is 108 Å². The number of carbonyl (C=O) groups excluding carboxylic acids is 2. The topological polar surface area (TPSA) is 77.0 Å². The van der Waals surface area contributed by atoms with Crippen LogP contribution in [0.15, 0.2) is 96.1 Å². The molecule has 4 aromatic rings. The number of esters is 1. The van der Waals surface area contributed by atoms with E-state index in [1.807, 2.05) is 36.4 Å². The van der Waals surface area contributed by atoms with Crippen molar-refractivity contribution in [2.45, 2.75) is 0 Å². The van der Waals surface area contributed by atoms with E-state index in [2.05, 4.69) is 10.5 Å². The lowest BCUT2D eigenvalue weighted by atomic mass is 10.0. The molecule has 0 saturated heterocycles. The molecule has 33 heavy (non-hydrogen) atoms. The molecule has 4 rings (SSSR count). The Kier molecular flexibility index (Phi) is 6.70. The number of fused-ring (bicyclic) bond motifs is 1. The molecule has 0 spiro atoms. The van der Waals surface area contributed by atoms with Crippen LogP contribution in [0.3, 0.4) is 0 Å². The Balaban J connectivity index is 1.49. The maximum absolute atomic E-state index is 12.9. The van der Waals surface area contributed by atoms with Crippen LogP contribution in [-0.4, -0.2) is 24.7 Å². The quantitative estimate of drug-likeness (QED) is 0.194. The minimum atomic E-state index is -0.503. The number of nitrogens with zero attached hydrogens (tertiary/aromatic N) is 1. The van der Waals surface area contributed by atoms with Crippen LogP contribution in [0.25, 0.3) is 10.8 Å². The number of nitrogens with one attached hydrogen (secondary N) is 1. The molecule has 0 fully saturated rings. The van der Waals surface area contributed by atoms with Crippen LogP contribution < -0.4 is 14.9 Å². The van der Waals surface area contributed by atoms with Gasteiger partial charge < -0.3 is 9.47 Å². The Bertz CT molecular complexity index is 1310. The smallest absolute Gasteiger partial charge is 0.343 e. The number of hydrogen-bond acceptors (Lipinski definition) is 5. The van der Waals surface area contributed by atoms with Crippen LogP contribution >= 0.6 is 0 Å². The van der Waals surface area contributed by atoms with E-state index in [1.54, 1.807) is 30.3 Å². The Labute approximate surface area is 189 Å². The lowest BCUT2D eigenvalue weighted by Gasteiger charge is -2.10. The zero-order chi connectivity index (χ0) is 23.0. The van der Waals surface area contributed by atoms with Gasteiger partial charge in [-0.1, -0.05) is 48.5 Å². The number of halogens is 1. The number of carbonyl (C=O) groups is 2. The summed E-state index contributed by atoms with van der Waals surface area (Å²) < 4.78 is 23.9. The van der Waals surface area contributed by atoms with Gasteiger partial charge in [-0.3, -0.25) is 4.79 Å². The van der Waals surface area contributed by atoms with Gasteiger partial charge in [0.15, 0.2) is 6.61 Å². The largest absolute Gasteiger partial charge is 0.484 e. The molecule has 1 amide bonds. The lowest BCUT2D eigenvalue weighted by Crippen LogP contribution is -2.24. The van der Waals surface area contributed by atoms with Crippen LogP contribution in [-0.2, 0) is 4.79 Å². The monoisotopic (exact) mass is 442 g/mol. The number of rotatable bonds is 7. The molecule has 0 atom stereocenters. The maximum atomic E-state index is 12.9. The van der Waals surface area contributed by atoms with E-state index in [4.69, 9.17) is 9.47 Å². The van der Waals surface area contributed by atoms with Crippen molar-refractivity contribution in [3.8, 4) is 11.5 Å². The average molecular weight is 442 g/mol.